The van der Waals surface area contributed by atoms with Gasteiger partial charge in [-0.25, -0.2) is 9.67 Å². The van der Waals surface area contributed by atoms with Crippen LogP contribution < -0.4 is 5.32 Å². The molecule has 124 valence electrons. The third kappa shape index (κ3) is 3.41. The van der Waals surface area contributed by atoms with Gasteiger partial charge in [0.05, 0.1) is 23.2 Å². The molecule has 0 radical (unpaired) electrons. The molecule has 6 heteroatoms. The zero-order valence-corrected chi connectivity index (χ0v) is 14.6. The molecule has 1 amide bonds. The molecule has 0 aliphatic carbocycles. The van der Waals surface area contributed by atoms with E-state index in [1.807, 2.05) is 41.5 Å². The second-order valence-corrected chi connectivity index (χ2v) is 6.77. The third-order valence-electron chi connectivity index (χ3n) is 3.80. The highest BCUT2D eigenvalue weighted by Gasteiger charge is 2.23. The van der Waals surface area contributed by atoms with E-state index in [0.717, 1.165) is 16.8 Å². The summed E-state index contributed by atoms with van der Waals surface area (Å²) in [6, 6.07) is 1.74. The average molecular weight is 316 g/mol. The Balaban J connectivity index is 2.37. The predicted molar refractivity (Wildman–Crippen MR) is 89.5 cm³/mol. The first kappa shape index (κ1) is 17.1. The largest absolute Gasteiger partial charge is 0.345 e. The molecule has 0 aliphatic heterocycles. The van der Waals surface area contributed by atoms with Gasteiger partial charge in [-0.3, -0.25) is 9.59 Å². The van der Waals surface area contributed by atoms with Crippen molar-refractivity contribution in [2.24, 2.45) is 5.41 Å². The van der Waals surface area contributed by atoms with Gasteiger partial charge in [0.15, 0.2) is 11.4 Å². The summed E-state index contributed by atoms with van der Waals surface area (Å²) in [5, 5.41) is 7.91. The Kier molecular flexibility index (Phi) is 4.54. The zero-order chi connectivity index (χ0) is 17.4. The topological polar surface area (TPSA) is 76.9 Å². The van der Waals surface area contributed by atoms with Crippen LogP contribution in [0.4, 0.5) is 0 Å². The number of rotatable bonds is 4. The smallest absolute Gasteiger partial charge is 0.252 e. The summed E-state index contributed by atoms with van der Waals surface area (Å²) in [5.74, 6) is -0.272. The molecule has 2 heterocycles. The fourth-order valence-electron chi connectivity index (χ4n) is 2.40. The van der Waals surface area contributed by atoms with Crippen LogP contribution in [0.15, 0.2) is 6.07 Å². The van der Waals surface area contributed by atoms with Gasteiger partial charge in [-0.1, -0.05) is 20.8 Å². The SMILES string of the molecule is CCn1nc(C)c2c(C(=O)NCC(=O)C(C)(C)C)cc(C)nc21. The highest BCUT2D eigenvalue weighted by molar-refractivity contribution is 6.07. The van der Waals surface area contributed by atoms with Gasteiger partial charge in [0, 0.05) is 17.7 Å². The maximum absolute atomic E-state index is 12.6. The van der Waals surface area contributed by atoms with Gasteiger partial charge in [-0.15, -0.1) is 0 Å². The Morgan fingerprint density at radius 2 is 1.91 bits per heavy atom. The van der Waals surface area contributed by atoms with Crippen LogP contribution in [0.1, 0.15) is 49.4 Å². The molecule has 2 rings (SSSR count). The van der Waals surface area contributed by atoms with Crippen LogP contribution in [0.2, 0.25) is 0 Å². The maximum atomic E-state index is 12.6. The normalized spacial score (nSPS) is 11.7. The summed E-state index contributed by atoms with van der Waals surface area (Å²) in [6.45, 7) is 11.9. The van der Waals surface area contributed by atoms with E-state index in [2.05, 4.69) is 15.4 Å². The van der Waals surface area contributed by atoms with Crippen molar-refractivity contribution in [1.29, 1.82) is 0 Å². The summed E-state index contributed by atoms with van der Waals surface area (Å²) < 4.78 is 1.79. The van der Waals surface area contributed by atoms with Crippen molar-refractivity contribution in [1.82, 2.24) is 20.1 Å². The standard InChI is InChI=1S/C17H24N4O2/c1-7-21-15-14(11(3)20-21)12(8-10(2)19-15)16(23)18-9-13(22)17(4,5)6/h8H,7,9H2,1-6H3,(H,18,23). The lowest BCUT2D eigenvalue weighted by atomic mass is 9.91. The Bertz CT molecular complexity index is 769. The van der Waals surface area contributed by atoms with E-state index in [9.17, 15) is 9.59 Å². The van der Waals surface area contributed by atoms with Crippen LogP contribution in [0.25, 0.3) is 11.0 Å². The van der Waals surface area contributed by atoms with E-state index >= 15 is 0 Å². The molecule has 2 aromatic rings. The van der Waals surface area contributed by atoms with Crippen LogP contribution in [0.5, 0.6) is 0 Å². The van der Waals surface area contributed by atoms with Gasteiger partial charge < -0.3 is 5.32 Å². The van der Waals surface area contributed by atoms with Crippen LogP contribution in [0, 0.1) is 19.3 Å². The Labute approximate surface area is 136 Å². The molecule has 0 spiro atoms. The molecule has 0 fully saturated rings. The fourth-order valence-corrected chi connectivity index (χ4v) is 2.40. The van der Waals surface area contributed by atoms with Crippen molar-refractivity contribution in [3.63, 3.8) is 0 Å². The minimum Gasteiger partial charge on any atom is -0.345 e. The number of aryl methyl sites for hydroxylation is 3. The Morgan fingerprint density at radius 1 is 1.26 bits per heavy atom. The molecule has 0 unspecified atom stereocenters. The van der Waals surface area contributed by atoms with Crippen LogP contribution in [-0.2, 0) is 11.3 Å². The fraction of sp³-hybridized carbons (Fsp3) is 0.529. The third-order valence-corrected chi connectivity index (χ3v) is 3.80. The number of hydrogen-bond acceptors (Lipinski definition) is 4. The maximum Gasteiger partial charge on any atom is 0.252 e. The molecule has 0 saturated heterocycles. The first-order valence-corrected chi connectivity index (χ1v) is 7.81. The van der Waals surface area contributed by atoms with Crippen molar-refractivity contribution in [2.45, 2.75) is 48.1 Å². The number of ketones is 1. The number of amides is 1. The molecular weight excluding hydrogens is 292 g/mol. The van der Waals surface area contributed by atoms with Crippen LogP contribution in [-0.4, -0.2) is 33.0 Å². The van der Waals surface area contributed by atoms with Crippen molar-refractivity contribution in [3.05, 3.63) is 23.0 Å². The van der Waals surface area contributed by atoms with Gasteiger partial charge in [0.1, 0.15) is 0 Å². The second kappa shape index (κ2) is 6.10. The van der Waals surface area contributed by atoms with Gasteiger partial charge in [0.25, 0.3) is 5.91 Å². The van der Waals surface area contributed by atoms with Gasteiger partial charge in [-0.2, -0.15) is 5.10 Å². The number of carbonyl (C=O) groups excluding carboxylic acids is 2. The molecule has 1 N–H and O–H groups in total. The first-order valence-electron chi connectivity index (χ1n) is 7.81. The summed E-state index contributed by atoms with van der Waals surface area (Å²) in [4.78, 5) is 29.1. The van der Waals surface area contributed by atoms with E-state index in [1.54, 1.807) is 10.7 Å². The minimum atomic E-state index is -0.472. The lowest BCUT2D eigenvalue weighted by Gasteiger charge is -2.17. The number of Topliss-reactive ketones (excluding diaryl/α,β-unsaturated/α-hetero) is 1. The van der Waals surface area contributed by atoms with Crippen molar-refractivity contribution < 1.29 is 9.59 Å². The van der Waals surface area contributed by atoms with Gasteiger partial charge >= 0.3 is 0 Å². The van der Waals surface area contributed by atoms with Crippen LogP contribution in [0.3, 0.4) is 0 Å². The van der Waals surface area contributed by atoms with Crippen LogP contribution >= 0.6 is 0 Å². The molecule has 0 atom stereocenters. The summed E-state index contributed by atoms with van der Waals surface area (Å²) >= 11 is 0. The Morgan fingerprint density at radius 3 is 2.48 bits per heavy atom. The van der Waals surface area contributed by atoms with E-state index in [1.165, 1.54) is 0 Å². The lowest BCUT2D eigenvalue weighted by molar-refractivity contribution is -0.125. The Hall–Kier alpha value is -2.24. The number of hydrogen-bond donors (Lipinski definition) is 1. The monoisotopic (exact) mass is 316 g/mol. The number of aromatic nitrogens is 3. The number of pyridine rings is 1. The number of carbonyl (C=O) groups is 2. The quantitative estimate of drug-likeness (QED) is 0.939. The number of nitrogens with zero attached hydrogens (tertiary/aromatic N) is 3. The molecule has 0 aliphatic rings. The first-order chi connectivity index (χ1) is 10.6. The lowest BCUT2D eigenvalue weighted by Crippen LogP contribution is -2.35. The van der Waals surface area contributed by atoms with Crippen molar-refractivity contribution in [2.75, 3.05) is 6.54 Å². The van der Waals surface area contributed by atoms with E-state index in [0.29, 0.717) is 17.8 Å². The summed E-state index contributed by atoms with van der Waals surface area (Å²) in [5.41, 5.74) is 2.27. The van der Waals surface area contributed by atoms with Crippen molar-refractivity contribution in [3.8, 4) is 0 Å². The van der Waals surface area contributed by atoms with Crippen molar-refractivity contribution >= 4 is 22.7 Å². The molecule has 6 nitrogen and oxygen atoms in total. The molecule has 0 aromatic carbocycles. The predicted octanol–water partition coefficient (Wildman–Crippen LogP) is 2.41. The highest BCUT2D eigenvalue weighted by Crippen LogP contribution is 2.22. The molecule has 0 saturated carbocycles. The second-order valence-electron chi connectivity index (χ2n) is 6.77. The number of nitrogens with one attached hydrogen (secondary N) is 1. The molecule has 23 heavy (non-hydrogen) atoms. The van der Waals surface area contributed by atoms with E-state index < -0.39 is 5.41 Å². The zero-order valence-electron chi connectivity index (χ0n) is 14.6. The van der Waals surface area contributed by atoms with Gasteiger partial charge in [-0.05, 0) is 26.8 Å². The molecular formula is C17H24N4O2. The minimum absolute atomic E-state index is 0.00570. The highest BCUT2D eigenvalue weighted by atomic mass is 16.2. The van der Waals surface area contributed by atoms with E-state index in [4.69, 9.17) is 0 Å². The average Bonchev–Trinajstić information content (AvgIpc) is 2.78. The summed E-state index contributed by atoms with van der Waals surface area (Å²) in [6.07, 6.45) is 0. The summed E-state index contributed by atoms with van der Waals surface area (Å²) in [7, 11) is 0. The number of fused-ring (bicyclic) bond motifs is 1. The molecule has 0 bridgehead atoms. The molecule has 2 aromatic heterocycles. The van der Waals surface area contributed by atoms with E-state index in [-0.39, 0.29) is 18.2 Å². The van der Waals surface area contributed by atoms with Gasteiger partial charge in [0.2, 0.25) is 0 Å².